The van der Waals surface area contributed by atoms with Crippen LogP contribution in [0.25, 0.3) is 11.4 Å². The van der Waals surface area contributed by atoms with Crippen molar-refractivity contribution >= 4 is 39.7 Å². The Kier molecular flexibility index (Phi) is 5.01. The zero-order valence-electron chi connectivity index (χ0n) is 12.3. The second-order valence-corrected chi connectivity index (χ2v) is 6.73. The lowest BCUT2D eigenvalue weighted by molar-refractivity contribution is 0.225. The summed E-state index contributed by atoms with van der Waals surface area (Å²) in [6.07, 6.45) is 0. The Hall–Kier alpha value is -1.41. The summed E-state index contributed by atoms with van der Waals surface area (Å²) in [5.74, 6) is 1.60. The zero-order valence-corrected chi connectivity index (χ0v) is 15.5. The molecule has 0 aliphatic rings. The Morgan fingerprint density at radius 2 is 2.04 bits per heavy atom. The Bertz CT molecular complexity index is 855. The lowest BCUT2D eigenvalue weighted by Gasteiger charge is -2.15. The highest BCUT2D eigenvalue weighted by molar-refractivity contribution is 9.10. The average Bonchev–Trinajstić information content (AvgIpc) is 3.06. The summed E-state index contributed by atoms with van der Waals surface area (Å²) < 4.78 is 8.55. The van der Waals surface area contributed by atoms with Gasteiger partial charge in [-0.15, -0.1) is 0 Å². The highest BCUT2D eigenvalue weighted by atomic mass is 79.9. The fraction of sp³-hybridized carbons (Fsp3) is 0.200. The number of nitrogens with zero attached hydrogens (tertiary/aromatic N) is 3. The Labute approximate surface area is 152 Å². The number of halogens is 2. The van der Waals surface area contributed by atoms with Crippen LogP contribution in [0.2, 0.25) is 5.02 Å². The minimum atomic E-state index is 0.502. The van der Waals surface area contributed by atoms with Gasteiger partial charge in [0.25, 0.3) is 0 Å². The van der Waals surface area contributed by atoms with Gasteiger partial charge in [0, 0.05) is 10.6 Å². The van der Waals surface area contributed by atoms with Gasteiger partial charge < -0.3 is 4.42 Å². The summed E-state index contributed by atoms with van der Waals surface area (Å²) in [5, 5.41) is 3.91. The molecular formula is C15H14BrClN4OS. The van der Waals surface area contributed by atoms with Crippen molar-refractivity contribution < 1.29 is 4.42 Å². The van der Waals surface area contributed by atoms with Crippen LogP contribution in [0, 0.1) is 4.77 Å². The number of aromatic amines is 1. The van der Waals surface area contributed by atoms with E-state index in [1.807, 2.05) is 48.1 Å². The van der Waals surface area contributed by atoms with Crippen LogP contribution in [0.1, 0.15) is 5.76 Å². The van der Waals surface area contributed by atoms with Gasteiger partial charge in [-0.3, -0.25) is 10.00 Å². The maximum atomic E-state index is 5.91. The lowest BCUT2D eigenvalue weighted by atomic mass is 10.2. The van der Waals surface area contributed by atoms with E-state index in [0.717, 1.165) is 21.8 Å². The molecule has 1 aromatic carbocycles. The van der Waals surface area contributed by atoms with Crippen LogP contribution in [-0.4, -0.2) is 26.7 Å². The molecule has 0 amide bonds. The summed E-state index contributed by atoms with van der Waals surface area (Å²) in [7, 11) is 1.99. The Morgan fingerprint density at radius 3 is 2.70 bits per heavy atom. The van der Waals surface area contributed by atoms with Gasteiger partial charge in [0.1, 0.15) is 5.76 Å². The van der Waals surface area contributed by atoms with Gasteiger partial charge in [0.15, 0.2) is 10.5 Å². The van der Waals surface area contributed by atoms with E-state index < -0.39 is 0 Å². The molecule has 0 aliphatic carbocycles. The zero-order chi connectivity index (χ0) is 16.4. The molecule has 23 heavy (non-hydrogen) atoms. The number of hydrogen-bond donors (Lipinski definition) is 1. The number of aromatic nitrogens is 3. The average molecular weight is 414 g/mol. The summed E-state index contributed by atoms with van der Waals surface area (Å²) >= 11 is 14.5. The molecule has 3 aromatic rings. The van der Waals surface area contributed by atoms with Crippen molar-refractivity contribution in [2.75, 3.05) is 7.05 Å². The number of nitrogens with one attached hydrogen (secondary N) is 1. The maximum Gasteiger partial charge on any atom is 0.217 e. The third kappa shape index (κ3) is 4.11. The van der Waals surface area contributed by atoms with Gasteiger partial charge in [0.05, 0.1) is 13.2 Å². The van der Waals surface area contributed by atoms with E-state index in [1.165, 1.54) is 0 Å². The van der Waals surface area contributed by atoms with E-state index in [-0.39, 0.29) is 0 Å². The van der Waals surface area contributed by atoms with E-state index in [9.17, 15) is 0 Å². The van der Waals surface area contributed by atoms with Crippen LogP contribution in [0.4, 0.5) is 0 Å². The van der Waals surface area contributed by atoms with Crippen molar-refractivity contribution in [1.82, 2.24) is 19.7 Å². The summed E-state index contributed by atoms with van der Waals surface area (Å²) in [6, 6.07) is 11.3. The molecule has 8 heteroatoms. The highest BCUT2D eigenvalue weighted by Gasteiger charge is 2.09. The first-order chi connectivity index (χ1) is 11.0. The number of H-pyrrole nitrogens is 1. The molecular weight excluding hydrogens is 400 g/mol. The number of hydrogen-bond acceptors (Lipinski definition) is 4. The molecule has 0 aliphatic heterocycles. The molecule has 5 nitrogen and oxygen atoms in total. The first-order valence-corrected chi connectivity index (χ1v) is 8.45. The second kappa shape index (κ2) is 7.00. The Morgan fingerprint density at radius 1 is 1.30 bits per heavy atom. The van der Waals surface area contributed by atoms with Crippen molar-refractivity contribution in [3.63, 3.8) is 0 Å². The third-order valence-electron chi connectivity index (χ3n) is 3.23. The van der Waals surface area contributed by atoms with Crippen LogP contribution in [0.15, 0.2) is 45.5 Å². The molecule has 0 bridgehead atoms. The van der Waals surface area contributed by atoms with E-state index in [4.69, 9.17) is 28.2 Å². The molecule has 0 radical (unpaired) electrons. The second-order valence-electron chi connectivity index (χ2n) is 5.15. The van der Waals surface area contributed by atoms with Gasteiger partial charge in [-0.25, -0.2) is 4.68 Å². The Balaban J connectivity index is 1.73. The largest absolute Gasteiger partial charge is 0.453 e. The SMILES string of the molecule is CN(Cc1ccc(Br)o1)Cn1[nH]c(-c2ccc(Cl)cc2)nc1=S. The minimum Gasteiger partial charge on any atom is -0.453 e. The fourth-order valence-electron chi connectivity index (χ4n) is 2.18. The summed E-state index contributed by atoms with van der Waals surface area (Å²) in [5.41, 5.74) is 0.942. The summed E-state index contributed by atoms with van der Waals surface area (Å²) in [6.45, 7) is 1.25. The lowest BCUT2D eigenvalue weighted by Crippen LogP contribution is -2.22. The topological polar surface area (TPSA) is 50.0 Å². The molecule has 3 rings (SSSR count). The molecule has 0 atom stereocenters. The molecule has 1 N–H and O–H groups in total. The van der Waals surface area contributed by atoms with Gasteiger partial charge in [-0.2, -0.15) is 4.98 Å². The van der Waals surface area contributed by atoms with Gasteiger partial charge in [0.2, 0.25) is 4.77 Å². The van der Waals surface area contributed by atoms with Gasteiger partial charge in [-0.05, 0) is 71.6 Å². The molecule has 2 aromatic heterocycles. The molecule has 2 heterocycles. The van der Waals surface area contributed by atoms with Crippen LogP contribution in [-0.2, 0) is 13.2 Å². The third-order valence-corrected chi connectivity index (χ3v) is 4.22. The van der Waals surface area contributed by atoms with E-state index in [0.29, 0.717) is 23.0 Å². The fourth-order valence-corrected chi connectivity index (χ4v) is 2.84. The van der Waals surface area contributed by atoms with E-state index in [2.05, 4.69) is 30.9 Å². The molecule has 0 unspecified atom stereocenters. The molecule has 0 fully saturated rings. The summed E-state index contributed by atoms with van der Waals surface area (Å²) in [4.78, 5) is 6.47. The van der Waals surface area contributed by atoms with Crippen molar-refractivity contribution in [3.05, 3.63) is 56.6 Å². The van der Waals surface area contributed by atoms with Crippen LogP contribution in [0.5, 0.6) is 0 Å². The highest BCUT2D eigenvalue weighted by Crippen LogP contribution is 2.19. The predicted octanol–water partition coefficient (Wildman–Crippen LogP) is 4.71. The van der Waals surface area contributed by atoms with Crippen molar-refractivity contribution in [2.45, 2.75) is 13.2 Å². The van der Waals surface area contributed by atoms with Crippen LogP contribution in [0.3, 0.4) is 0 Å². The van der Waals surface area contributed by atoms with Crippen molar-refractivity contribution in [2.24, 2.45) is 0 Å². The first-order valence-electron chi connectivity index (χ1n) is 6.87. The van der Waals surface area contributed by atoms with Crippen LogP contribution >= 0.6 is 39.7 Å². The van der Waals surface area contributed by atoms with Crippen molar-refractivity contribution in [3.8, 4) is 11.4 Å². The smallest absolute Gasteiger partial charge is 0.217 e. The molecule has 0 saturated heterocycles. The maximum absolute atomic E-state index is 5.91. The predicted molar refractivity (Wildman–Crippen MR) is 95.7 cm³/mol. The normalized spacial score (nSPS) is 11.3. The van der Waals surface area contributed by atoms with E-state index in [1.54, 1.807) is 0 Å². The van der Waals surface area contributed by atoms with Crippen LogP contribution < -0.4 is 0 Å². The molecule has 0 saturated carbocycles. The number of rotatable bonds is 5. The standard InChI is InChI=1S/C15H14BrClN4OS/c1-20(8-12-6-7-13(16)22-12)9-21-15(23)18-14(19-21)10-2-4-11(17)5-3-10/h2-7H,8-9H2,1H3,(H,18,19,23). The quantitative estimate of drug-likeness (QED) is 0.616. The van der Waals surface area contributed by atoms with E-state index >= 15 is 0 Å². The number of benzene rings is 1. The van der Waals surface area contributed by atoms with Gasteiger partial charge in [-0.1, -0.05) is 11.6 Å². The minimum absolute atomic E-state index is 0.502. The van der Waals surface area contributed by atoms with Gasteiger partial charge >= 0.3 is 0 Å². The van der Waals surface area contributed by atoms with Crippen molar-refractivity contribution in [1.29, 1.82) is 0 Å². The first kappa shape index (κ1) is 16.4. The monoisotopic (exact) mass is 412 g/mol. The number of furan rings is 1. The molecule has 0 spiro atoms. The molecule has 120 valence electrons.